The lowest BCUT2D eigenvalue weighted by molar-refractivity contribution is 0.101. The van der Waals surface area contributed by atoms with Crippen molar-refractivity contribution in [1.29, 1.82) is 0 Å². The maximum Gasteiger partial charge on any atom is 0.262 e. The third kappa shape index (κ3) is 2.63. The molecule has 0 saturated heterocycles. The maximum atomic E-state index is 13.4. The summed E-state index contributed by atoms with van der Waals surface area (Å²) in [5, 5.41) is 5.23. The molecule has 1 fully saturated rings. The summed E-state index contributed by atoms with van der Waals surface area (Å²) < 4.78 is 16.0. The van der Waals surface area contributed by atoms with Crippen molar-refractivity contribution < 1.29 is 13.9 Å². The number of ketones is 1. The third-order valence-electron chi connectivity index (χ3n) is 6.39. The van der Waals surface area contributed by atoms with Crippen molar-refractivity contribution in [2.24, 2.45) is 5.92 Å². The molecule has 1 saturated carbocycles. The molecule has 162 valence electrons. The monoisotopic (exact) mass is 429 g/mol. The second kappa shape index (κ2) is 6.69. The van der Waals surface area contributed by atoms with Crippen LogP contribution in [0, 0.1) is 5.92 Å². The zero-order valence-electron chi connectivity index (χ0n) is 18.2. The summed E-state index contributed by atoms with van der Waals surface area (Å²) in [4.78, 5) is 25.8. The molecule has 3 aromatic heterocycles. The number of fused-ring (bicyclic) bond motifs is 5. The van der Waals surface area contributed by atoms with Crippen LogP contribution in [0.15, 0.2) is 52.1 Å². The van der Waals surface area contributed by atoms with Crippen LogP contribution in [-0.4, -0.2) is 20.1 Å². The molecule has 7 heteroatoms. The first-order chi connectivity index (χ1) is 15.5. The van der Waals surface area contributed by atoms with Gasteiger partial charge in [0.05, 0.1) is 22.9 Å². The Morgan fingerprint density at radius 2 is 2.06 bits per heavy atom. The fourth-order valence-electron chi connectivity index (χ4n) is 4.76. The number of pyridine rings is 1. The minimum absolute atomic E-state index is 0.0995. The van der Waals surface area contributed by atoms with Crippen molar-refractivity contribution in [2.75, 3.05) is 0 Å². The number of rotatable bonds is 4. The van der Waals surface area contributed by atoms with Crippen LogP contribution in [-0.2, 0) is 0 Å². The highest BCUT2D eigenvalue weighted by Crippen LogP contribution is 2.51. The van der Waals surface area contributed by atoms with Crippen molar-refractivity contribution >= 4 is 16.8 Å². The van der Waals surface area contributed by atoms with E-state index in [-0.39, 0.29) is 35.0 Å². The number of hydrogen-bond acceptors (Lipinski definition) is 5. The Bertz CT molecular complexity index is 1440. The summed E-state index contributed by atoms with van der Waals surface area (Å²) >= 11 is 0. The van der Waals surface area contributed by atoms with Gasteiger partial charge in [0.2, 0.25) is 0 Å². The largest absolute Gasteiger partial charge is 0.484 e. The average molecular weight is 429 g/mol. The fourth-order valence-corrected chi connectivity index (χ4v) is 4.76. The van der Waals surface area contributed by atoms with Crippen LogP contribution in [0.2, 0.25) is 0 Å². The van der Waals surface area contributed by atoms with Gasteiger partial charge in [0.15, 0.2) is 11.4 Å². The van der Waals surface area contributed by atoms with E-state index in [2.05, 4.69) is 18.9 Å². The van der Waals surface area contributed by atoms with Crippen LogP contribution in [0.25, 0.3) is 27.9 Å². The van der Waals surface area contributed by atoms with E-state index < -0.39 is 0 Å². The minimum Gasteiger partial charge on any atom is -0.484 e. The molecule has 0 radical (unpaired) electrons. The molecule has 6 rings (SSSR count). The minimum atomic E-state index is -0.283. The van der Waals surface area contributed by atoms with E-state index in [0.717, 1.165) is 40.7 Å². The average Bonchev–Trinajstić information content (AvgIpc) is 3.24. The molecule has 4 aromatic rings. The maximum absolute atomic E-state index is 13.4. The Hall–Kier alpha value is -3.61. The molecule has 1 aliphatic heterocycles. The fraction of sp³-hybridized carbons (Fsp3) is 0.320. The summed E-state index contributed by atoms with van der Waals surface area (Å²) in [6.45, 7) is 5.63. The van der Waals surface area contributed by atoms with Crippen LogP contribution in [0.4, 0.5) is 0 Å². The van der Waals surface area contributed by atoms with Crippen LogP contribution in [0.1, 0.15) is 61.7 Å². The SMILES string of the molecule is CC(=O)c1cc2c(n(C3CC3)c1=O)-c1cc(-n3cccn3)c3occc3c1O[C@H]2C(C)C. The Balaban J connectivity index is 1.75. The molecule has 1 aliphatic carbocycles. The molecule has 32 heavy (non-hydrogen) atoms. The first kappa shape index (κ1) is 19.1. The Morgan fingerprint density at radius 1 is 1.25 bits per heavy atom. The molecular weight excluding hydrogens is 406 g/mol. The molecule has 2 aliphatic rings. The van der Waals surface area contributed by atoms with E-state index in [1.165, 1.54) is 6.92 Å². The standard InChI is InChI=1S/C25H23N3O4/c1-13(2)22-18-11-17(14(3)29)25(30)28(15-5-6-15)21(18)19-12-20(27-9-4-8-26-27)24-16(7-10-31-24)23(19)32-22/h4,7-13,15,22H,5-6H2,1-3H3/t22-/m0/s1. The Labute approximate surface area is 184 Å². The van der Waals surface area contributed by atoms with Gasteiger partial charge in [-0.3, -0.25) is 9.59 Å². The normalized spacial score (nSPS) is 17.3. The van der Waals surface area contributed by atoms with Crippen LogP contribution < -0.4 is 10.3 Å². The summed E-state index contributed by atoms with van der Waals surface area (Å²) in [6.07, 6.45) is 6.79. The smallest absolute Gasteiger partial charge is 0.262 e. The number of benzene rings is 1. The van der Waals surface area contributed by atoms with Gasteiger partial charge in [-0.2, -0.15) is 5.10 Å². The number of carbonyl (C=O) groups excluding carboxylic acids is 1. The van der Waals surface area contributed by atoms with Gasteiger partial charge in [0.1, 0.15) is 17.5 Å². The molecule has 0 N–H and O–H groups in total. The zero-order chi connectivity index (χ0) is 22.1. The molecule has 1 aromatic carbocycles. The molecule has 0 amide bonds. The van der Waals surface area contributed by atoms with Crippen molar-refractivity contribution in [3.63, 3.8) is 0 Å². The lowest BCUT2D eigenvalue weighted by Crippen LogP contribution is -2.31. The van der Waals surface area contributed by atoms with Gasteiger partial charge in [0, 0.05) is 29.6 Å². The van der Waals surface area contributed by atoms with Gasteiger partial charge < -0.3 is 13.7 Å². The molecule has 7 nitrogen and oxygen atoms in total. The Morgan fingerprint density at radius 3 is 2.72 bits per heavy atom. The molecule has 0 unspecified atom stereocenters. The van der Waals surface area contributed by atoms with Gasteiger partial charge in [-0.05, 0) is 49.9 Å². The number of ether oxygens (including phenoxy) is 1. The number of nitrogens with zero attached hydrogens (tertiary/aromatic N) is 3. The van der Waals surface area contributed by atoms with Gasteiger partial charge in [-0.1, -0.05) is 13.8 Å². The summed E-state index contributed by atoms with van der Waals surface area (Å²) in [7, 11) is 0. The first-order valence-corrected chi connectivity index (χ1v) is 11.0. The Kier molecular flexibility index (Phi) is 4.00. The number of carbonyl (C=O) groups is 1. The summed E-state index contributed by atoms with van der Waals surface area (Å²) in [6, 6.07) is 7.58. The van der Waals surface area contributed by atoms with Crippen molar-refractivity contribution in [1.82, 2.24) is 14.3 Å². The van der Waals surface area contributed by atoms with Gasteiger partial charge in [-0.15, -0.1) is 0 Å². The van der Waals surface area contributed by atoms with Gasteiger partial charge in [0.25, 0.3) is 5.56 Å². The highest BCUT2D eigenvalue weighted by atomic mass is 16.5. The highest BCUT2D eigenvalue weighted by molar-refractivity contribution is 5.99. The second-order valence-electron chi connectivity index (χ2n) is 8.99. The number of hydrogen-bond donors (Lipinski definition) is 0. The molecule has 1 atom stereocenters. The number of aromatic nitrogens is 3. The quantitative estimate of drug-likeness (QED) is 0.423. The van der Waals surface area contributed by atoms with Gasteiger partial charge >= 0.3 is 0 Å². The zero-order valence-corrected chi connectivity index (χ0v) is 18.2. The second-order valence-corrected chi connectivity index (χ2v) is 8.99. The van der Waals surface area contributed by atoms with Crippen molar-refractivity contribution in [3.8, 4) is 22.7 Å². The first-order valence-electron chi connectivity index (χ1n) is 11.0. The van der Waals surface area contributed by atoms with E-state index in [9.17, 15) is 9.59 Å². The van der Waals surface area contributed by atoms with Crippen molar-refractivity contribution in [3.05, 3.63) is 64.4 Å². The molecule has 4 heterocycles. The predicted molar refractivity (Wildman–Crippen MR) is 120 cm³/mol. The predicted octanol–water partition coefficient (Wildman–Crippen LogP) is 5.07. The third-order valence-corrected chi connectivity index (χ3v) is 6.39. The van der Waals surface area contributed by atoms with E-state index >= 15 is 0 Å². The van der Waals surface area contributed by atoms with E-state index in [1.807, 2.05) is 29.0 Å². The van der Waals surface area contributed by atoms with E-state index in [1.54, 1.807) is 23.2 Å². The topological polar surface area (TPSA) is 79.3 Å². The van der Waals surface area contributed by atoms with Crippen molar-refractivity contribution in [2.45, 2.75) is 45.8 Å². The molecular formula is C25H23N3O4. The number of furan rings is 1. The van der Waals surface area contributed by atoms with Crippen LogP contribution in [0.3, 0.4) is 0 Å². The lowest BCUT2D eigenvalue weighted by Gasteiger charge is -2.34. The number of Topliss-reactive ketones (excluding diaryl/α,β-unsaturated/α-hetero) is 1. The van der Waals surface area contributed by atoms with Crippen LogP contribution >= 0.6 is 0 Å². The summed E-state index contributed by atoms with van der Waals surface area (Å²) in [5.74, 6) is 0.628. The molecule has 0 bridgehead atoms. The van der Waals surface area contributed by atoms with E-state index in [4.69, 9.17) is 9.15 Å². The van der Waals surface area contributed by atoms with E-state index in [0.29, 0.717) is 11.3 Å². The summed E-state index contributed by atoms with van der Waals surface area (Å²) in [5.41, 5.74) is 4.02. The highest BCUT2D eigenvalue weighted by Gasteiger charge is 2.38. The van der Waals surface area contributed by atoms with Gasteiger partial charge in [-0.25, -0.2) is 4.68 Å². The molecule has 0 spiro atoms. The lowest BCUT2D eigenvalue weighted by atomic mass is 9.88. The van der Waals surface area contributed by atoms with Crippen LogP contribution in [0.5, 0.6) is 5.75 Å².